The molecule has 0 aliphatic heterocycles. The lowest BCUT2D eigenvalue weighted by Gasteiger charge is -2.49. The Bertz CT molecular complexity index is 1220. The molecule has 0 radical (unpaired) electrons. The molecule has 0 aliphatic carbocycles. The predicted molar refractivity (Wildman–Crippen MR) is 152 cm³/mol. The maximum atomic E-state index is 12.8. The number of rotatable bonds is 10. The van der Waals surface area contributed by atoms with Crippen LogP contribution in [0.15, 0.2) is 109 Å². The van der Waals surface area contributed by atoms with Crippen molar-refractivity contribution in [3.05, 3.63) is 131 Å². The zero-order valence-electron chi connectivity index (χ0n) is 21.6. The van der Waals surface area contributed by atoms with E-state index in [4.69, 9.17) is 8.37 Å². The van der Waals surface area contributed by atoms with Crippen LogP contribution >= 0.6 is 10.6 Å². The number of carbonyl (C=O) groups excluding carboxylic acids is 2. The van der Waals surface area contributed by atoms with Gasteiger partial charge < -0.3 is 8.37 Å². The van der Waals surface area contributed by atoms with Crippen LogP contribution < -0.4 is 8.37 Å². The largest absolute Gasteiger partial charge is 0.383 e. The fourth-order valence-corrected chi connectivity index (χ4v) is 6.80. The summed E-state index contributed by atoms with van der Waals surface area (Å²) < 4.78 is 13.2. The summed E-state index contributed by atoms with van der Waals surface area (Å²) >= 11 is 0. The van der Waals surface area contributed by atoms with E-state index in [-0.39, 0.29) is 22.1 Å². The maximum Gasteiger partial charge on any atom is 0.193 e. The Labute approximate surface area is 221 Å². The molecule has 0 fully saturated rings. The van der Waals surface area contributed by atoms with E-state index in [2.05, 4.69) is 27.7 Å². The molecule has 0 amide bonds. The smallest absolute Gasteiger partial charge is 0.193 e. The molecular formula is C32H32O4S. The van der Waals surface area contributed by atoms with Gasteiger partial charge in [0.05, 0.1) is 10.5 Å². The van der Waals surface area contributed by atoms with Crippen molar-refractivity contribution in [3.63, 3.8) is 0 Å². The minimum atomic E-state index is -2.08. The Morgan fingerprint density at radius 2 is 0.784 bits per heavy atom. The molecule has 0 spiro atoms. The summed E-state index contributed by atoms with van der Waals surface area (Å²) in [6, 6.07) is 32.9. The van der Waals surface area contributed by atoms with Gasteiger partial charge in [-0.2, -0.15) is 0 Å². The van der Waals surface area contributed by atoms with Gasteiger partial charge in [0.25, 0.3) is 0 Å². The van der Waals surface area contributed by atoms with Crippen molar-refractivity contribution in [1.29, 1.82) is 0 Å². The summed E-state index contributed by atoms with van der Waals surface area (Å²) in [6.45, 7) is 8.37. The Kier molecular flexibility index (Phi) is 8.14. The van der Waals surface area contributed by atoms with E-state index in [0.29, 0.717) is 33.8 Å². The molecule has 37 heavy (non-hydrogen) atoms. The molecule has 4 rings (SSSR count). The van der Waals surface area contributed by atoms with Crippen molar-refractivity contribution < 1.29 is 18.0 Å². The van der Waals surface area contributed by atoms with Crippen molar-refractivity contribution in [3.8, 4) is 11.5 Å². The first-order chi connectivity index (χ1) is 17.8. The van der Waals surface area contributed by atoms with Crippen molar-refractivity contribution in [2.24, 2.45) is 0 Å². The number of hydrogen-bond acceptors (Lipinski definition) is 4. The Morgan fingerprint density at radius 1 is 0.486 bits per heavy atom. The summed E-state index contributed by atoms with van der Waals surface area (Å²) in [4.78, 5) is 25.6. The van der Waals surface area contributed by atoms with E-state index in [0.717, 1.165) is 0 Å². The molecule has 190 valence electrons. The minimum absolute atomic E-state index is 0.0279. The topological polar surface area (TPSA) is 52.6 Å². The van der Waals surface area contributed by atoms with Crippen LogP contribution in [0.4, 0.5) is 0 Å². The molecule has 0 saturated heterocycles. The van der Waals surface area contributed by atoms with Crippen LogP contribution in [0, 0.1) is 0 Å². The molecule has 4 aromatic carbocycles. The Morgan fingerprint density at radius 3 is 1.08 bits per heavy atom. The van der Waals surface area contributed by atoms with Gasteiger partial charge in [0, 0.05) is 22.3 Å². The summed E-state index contributed by atoms with van der Waals surface area (Å²) in [5.74, 6) is 1.25. The summed E-state index contributed by atoms with van der Waals surface area (Å²) in [5, 5.41) is 0.174. The molecule has 0 saturated carbocycles. The molecular weight excluding hydrogens is 480 g/mol. The fraction of sp³-hybridized carbons (Fsp3) is 0.188. The molecule has 0 atom stereocenters. The van der Waals surface area contributed by atoms with Crippen LogP contribution in [0.5, 0.6) is 11.5 Å². The lowest BCUT2D eigenvalue weighted by Crippen LogP contribution is -2.30. The highest BCUT2D eigenvalue weighted by Crippen LogP contribution is 2.57. The van der Waals surface area contributed by atoms with Crippen molar-refractivity contribution >= 4 is 22.2 Å². The highest BCUT2D eigenvalue weighted by molar-refractivity contribution is 8.27. The SMILES string of the molecule is CC(C)S(Oc1ccc(C(=O)c2ccccc2)cc1)(Oc1ccc(C(=O)c2ccccc2)cc1)C(C)C. The molecule has 0 bridgehead atoms. The third-order valence-corrected chi connectivity index (χ3v) is 9.61. The molecule has 4 aromatic rings. The van der Waals surface area contributed by atoms with Crippen LogP contribution in [0.1, 0.15) is 59.5 Å². The lowest BCUT2D eigenvalue weighted by molar-refractivity contribution is 0.103. The molecule has 0 aromatic heterocycles. The Hall–Kier alpha value is -3.83. The molecule has 0 N–H and O–H groups in total. The van der Waals surface area contributed by atoms with Gasteiger partial charge in [0.1, 0.15) is 0 Å². The molecule has 0 unspecified atom stereocenters. The second kappa shape index (κ2) is 11.5. The van der Waals surface area contributed by atoms with E-state index >= 15 is 0 Å². The third-order valence-electron chi connectivity index (χ3n) is 6.07. The van der Waals surface area contributed by atoms with E-state index in [1.54, 1.807) is 24.3 Å². The fourth-order valence-electron chi connectivity index (χ4n) is 4.08. The van der Waals surface area contributed by atoms with Crippen LogP contribution in [-0.4, -0.2) is 22.1 Å². The lowest BCUT2D eigenvalue weighted by atomic mass is 10.0. The van der Waals surface area contributed by atoms with Gasteiger partial charge in [0.2, 0.25) is 0 Å². The van der Waals surface area contributed by atoms with Gasteiger partial charge in [-0.15, -0.1) is 10.6 Å². The van der Waals surface area contributed by atoms with Gasteiger partial charge in [0.15, 0.2) is 23.1 Å². The molecule has 4 nitrogen and oxygen atoms in total. The van der Waals surface area contributed by atoms with Gasteiger partial charge in [-0.25, -0.2) is 0 Å². The van der Waals surface area contributed by atoms with E-state index in [1.165, 1.54) is 0 Å². The first-order valence-electron chi connectivity index (χ1n) is 12.4. The molecule has 0 aliphatic rings. The van der Waals surface area contributed by atoms with Crippen LogP contribution in [0.2, 0.25) is 0 Å². The average Bonchev–Trinajstić information content (AvgIpc) is 2.93. The zero-order chi connectivity index (χ0) is 26.4. The zero-order valence-corrected chi connectivity index (χ0v) is 22.4. The minimum Gasteiger partial charge on any atom is -0.383 e. The second-order valence-corrected chi connectivity index (χ2v) is 12.7. The molecule has 0 heterocycles. The number of carbonyl (C=O) groups is 2. The van der Waals surface area contributed by atoms with Gasteiger partial charge in [-0.05, 0) is 76.2 Å². The van der Waals surface area contributed by atoms with E-state index in [9.17, 15) is 9.59 Å². The van der Waals surface area contributed by atoms with Crippen LogP contribution in [0.25, 0.3) is 0 Å². The van der Waals surface area contributed by atoms with Crippen molar-refractivity contribution in [2.75, 3.05) is 0 Å². The summed E-state index contributed by atoms with van der Waals surface area (Å²) in [6.07, 6.45) is 0. The third kappa shape index (κ3) is 5.95. The van der Waals surface area contributed by atoms with Crippen molar-refractivity contribution in [2.45, 2.75) is 38.2 Å². The number of hydrogen-bond donors (Lipinski definition) is 0. The van der Waals surface area contributed by atoms with Gasteiger partial charge >= 0.3 is 0 Å². The second-order valence-electron chi connectivity index (χ2n) is 9.29. The van der Waals surface area contributed by atoms with E-state index in [1.807, 2.05) is 84.9 Å². The number of ketones is 2. The number of benzene rings is 4. The highest BCUT2D eigenvalue weighted by Gasteiger charge is 2.32. The van der Waals surface area contributed by atoms with Crippen LogP contribution in [-0.2, 0) is 0 Å². The van der Waals surface area contributed by atoms with Gasteiger partial charge in [-0.3, -0.25) is 9.59 Å². The van der Waals surface area contributed by atoms with Crippen molar-refractivity contribution in [1.82, 2.24) is 0 Å². The molecule has 5 heteroatoms. The Balaban J connectivity index is 1.54. The summed E-state index contributed by atoms with van der Waals surface area (Å²) in [5.41, 5.74) is 2.51. The van der Waals surface area contributed by atoms with Gasteiger partial charge in [-0.1, -0.05) is 60.7 Å². The first-order valence-corrected chi connectivity index (χ1v) is 14.0. The quantitative estimate of drug-likeness (QED) is 0.202. The standard InChI is InChI=1S/C32H32O4S/c1-23(2)37(24(3)4,35-29-19-15-27(16-20-29)31(33)25-11-7-5-8-12-25)36-30-21-17-28(18-22-30)32(34)26-13-9-6-10-14-26/h5-24H,1-4H3. The maximum absolute atomic E-state index is 12.8. The highest BCUT2D eigenvalue weighted by atomic mass is 32.3. The monoisotopic (exact) mass is 512 g/mol. The predicted octanol–water partition coefficient (Wildman–Crippen LogP) is 8.06. The summed E-state index contributed by atoms with van der Waals surface area (Å²) in [7, 11) is -2.08. The first kappa shape index (κ1) is 26.2. The van der Waals surface area contributed by atoms with Crippen LogP contribution in [0.3, 0.4) is 0 Å². The normalized spacial score (nSPS) is 11.8. The average molecular weight is 513 g/mol. The van der Waals surface area contributed by atoms with E-state index < -0.39 is 10.6 Å².